The molecule has 0 radical (unpaired) electrons. The van der Waals surface area contributed by atoms with E-state index in [2.05, 4.69) is 21.2 Å². The van der Waals surface area contributed by atoms with Gasteiger partial charge in [0.1, 0.15) is 0 Å². The highest BCUT2D eigenvalue weighted by atomic mass is 79.9. The number of benzene rings is 2. The number of nitrogens with one attached hydrogen (secondary N) is 1. The first-order chi connectivity index (χ1) is 8.97. The average Bonchev–Trinajstić information content (AvgIpc) is 2.35. The third-order valence-corrected chi connectivity index (χ3v) is 3.38. The van der Waals surface area contributed by atoms with E-state index < -0.39 is 0 Å². The van der Waals surface area contributed by atoms with Crippen LogP contribution in [0.25, 0.3) is 0 Å². The number of aryl methyl sites for hydroxylation is 2. The Labute approximate surface area is 121 Å². The minimum atomic E-state index is -0.188. The summed E-state index contributed by atoms with van der Waals surface area (Å²) in [6, 6.07) is 11.1. The highest BCUT2D eigenvalue weighted by Gasteiger charge is 2.11. The van der Waals surface area contributed by atoms with Crippen molar-refractivity contribution in [3.8, 4) is 0 Å². The summed E-state index contributed by atoms with van der Waals surface area (Å²) >= 11 is 3.40. The van der Waals surface area contributed by atoms with E-state index in [4.69, 9.17) is 5.73 Å². The van der Waals surface area contributed by atoms with Crippen LogP contribution in [0.5, 0.6) is 0 Å². The van der Waals surface area contributed by atoms with Gasteiger partial charge in [0, 0.05) is 15.8 Å². The van der Waals surface area contributed by atoms with Gasteiger partial charge in [-0.25, -0.2) is 0 Å². The molecular weight excluding hydrogens is 304 g/mol. The van der Waals surface area contributed by atoms with E-state index in [-0.39, 0.29) is 5.91 Å². The van der Waals surface area contributed by atoms with Crippen LogP contribution in [0, 0.1) is 13.8 Å². The molecule has 4 heteroatoms. The molecule has 0 saturated carbocycles. The average molecular weight is 319 g/mol. The van der Waals surface area contributed by atoms with Crippen LogP contribution in [0.1, 0.15) is 21.5 Å². The molecule has 3 nitrogen and oxygen atoms in total. The lowest BCUT2D eigenvalue weighted by Gasteiger charge is -2.10. The molecule has 0 bridgehead atoms. The molecule has 0 aliphatic carbocycles. The molecule has 0 atom stereocenters. The van der Waals surface area contributed by atoms with Crippen molar-refractivity contribution < 1.29 is 4.79 Å². The molecule has 0 saturated heterocycles. The van der Waals surface area contributed by atoms with E-state index in [0.717, 1.165) is 21.3 Å². The van der Waals surface area contributed by atoms with Crippen molar-refractivity contribution in [2.45, 2.75) is 13.8 Å². The van der Waals surface area contributed by atoms with Gasteiger partial charge in [0.25, 0.3) is 5.91 Å². The fourth-order valence-electron chi connectivity index (χ4n) is 1.82. The minimum absolute atomic E-state index is 0.188. The number of halogens is 1. The summed E-state index contributed by atoms with van der Waals surface area (Å²) in [6.45, 7) is 3.88. The van der Waals surface area contributed by atoms with Crippen LogP contribution in [-0.2, 0) is 0 Å². The molecule has 0 aliphatic heterocycles. The smallest absolute Gasteiger partial charge is 0.257 e. The van der Waals surface area contributed by atoms with Crippen LogP contribution in [0.4, 0.5) is 11.4 Å². The van der Waals surface area contributed by atoms with Crippen LogP contribution < -0.4 is 11.1 Å². The Hall–Kier alpha value is -1.81. The Morgan fingerprint density at radius 1 is 1.16 bits per heavy atom. The minimum Gasteiger partial charge on any atom is -0.398 e. The SMILES string of the molecule is Cc1ccc(N)c(C(=O)Nc2ccc(Br)cc2C)c1. The Kier molecular flexibility index (Phi) is 3.90. The molecule has 2 rings (SSSR count). The van der Waals surface area contributed by atoms with Gasteiger partial charge >= 0.3 is 0 Å². The quantitative estimate of drug-likeness (QED) is 0.825. The van der Waals surface area contributed by atoms with E-state index in [9.17, 15) is 4.79 Å². The molecule has 19 heavy (non-hydrogen) atoms. The number of carbonyl (C=O) groups excluding carboxylic acids is 1. The first-order valence-corrected chi connectivity index (χ1v) is 6.70. The summed E-state index contributed by atoms with van der Waals surface area (Å²) in [5.74, 6) is -0.188. The Morgan fingerprint density at radius 2 is 1.89 bits per heavy atom. The summed E-state index contributed by atoms with van der Waals surface area (Å²) in [4.78, 5) is 12.2. The van der Waals surface area contributed by atoms with Crippen LogP contribution in [0.15, 0.2) is 40.9 Å². The molecule has 0 aliphatic rings. The predicted molar refractivity (Wildman–Crippen MR) is 82.4 cm³/mol. The summed E-state index contributed by atoms with van der Waals surface area (Å²) in [5, 5.41) is 2.88. The van der Waals surface area contributed by atoms with Gasteiger partial charge in [-0.3, -0.25) is 4.79 Å². The first-order valence-electron chi connectivity index (χ1n) is 5.91. The molecule has 0 spiro atoms. The summed E-state index contributed by atoms with van der Waals surface area (Å²) < 4.78 is 0.984. The molecule has 3 N–H and O–H groups in total. The molecule has 2 aromatic carbocycles. The lowest BCUT2D eigenvalue weighted by atomic mass is 10.1. The van der Waals surface area contributed by atoms with Gasteiger partial charge in [-0.1, -0.05) is 27.6 Å². The molecule has 0 fully saturated rings. The van der Waals surface area contributed by atoms with Gasteiger partial charge in [-0.05, 0) is 49.7 Å². The molecule has 0 aromatic heterocycles. The number of hydrogen-bond donors (Lipinski definition) is 2. The summed E-state index contributed by atoms with van der Waals surface area (Å²) in [5.41, 5.74) is 9.61. The Morgan fingerprint density at radius 3 is 2.58 bits per heavy atom. The van der Waals surface area contributed by atoms with E-state index in [0.29, 0.717) is 11.3 Å². The maximum absolute atomic E-state index is 12.2. The number of nitrogens with two attached hydrogens (primary N) is 1. The normalized spacial score (nSPS) is 10.3. The molecule has 0 unspecified atom stereocenters. The largest absolute Gasteiger partial charge is 0.398 e. The Balaban J connectivity index is 2.28. The lowest BCUT2D eigenvalue weighted by molar-refractivity contribution is 0.102. The third-order valence-electron chi connectivity index (χ3n) is 2.89. The van der Waals surface area contributed by atoms with Crippen molar-refractivity contribution in [1.29, 1.82) is 0 Å². The maximum atomic E-state index is 12.2. The number of carbonyl (C=O) groups is 1. The fourth-order valence-corrected chi connectivity index (χ4v) is 2.30. The topological polar surface area (TPSA) is 55.1 Å². The monoisotopic (exact) mass is 318 g/mol. The number of anilines is 2. The summed E-state index contributed by atoms with van der Waals surface area (Å²) in [6.07, 6.45) is 0. The van der Waals surface area contributed by atoms with Crippen molar-refractivity contribution in [2.24, 2.45) is 0 Å². The molecule has 0 heterocycles. The van der Waals surface area contributed by atoms with E-state index >= 15 is 0 Å². The predicted octanol–water partition coefficient (Wildman–Crippen LogP) is 3.90. The van der Waals surface area contributed by atoms with Gasteiger partial charge in [-0.15, -0.1) is 0 Å². The van der Waals surface area contributed by atoms with Crippen LogP contribution in [0.3, 0.4) is 0 Å². The van der Waals surface area contributed by atoms with Crippen molar-refractivity contribution in [2.75, 3.05) is 11.1 Å². The van der Waals surface area contributed by atoms with Gasteiger partial charge in [-0.2, -0.15) is 0 Å². The zero-order chi connectivity index (χ0) is 14.0. The zero-order valence-corrected chi connectivity index (χ0v) is 12.4. The molecular formula is C15H15BrN2O. The first kappa shape index (κ1) is 13.6. The van der Waals surface area contributed by atoms with Crippen molar-refractivity contribution >= 4 is 33.2 Å². The van der Waals surface area contributed by atoms with E-state index in [1.54, 1.807) is 12.1 Å². The van der Waals surface area contributed by atoms with Crippen molar-refractivity contribution in [1.82, 2.24) is 0 Å². The lowest BCUT2D eigenvalue weighted by Crippen LogP contribution is -2.15. The zero-order valence-electron chi connectivity index (χ0n) is 10.8. The van der Waals surface area contributed by atoms with Crippen LogP contribution >= 0.6 is 15.9 Å². The van der Waals surface area contributed by atoms with Crippen molar-refractivity contribution in [3.05, 3.63) is 57.6 Å². The maximum Gasteiger partial charge on any atom is 0.257 e. The van der Waals surface area contributed by atoms with Crippen LogP contribution in [-0.4, -0.2) is 5.91 Å². The highest BCUT2D eigenvalue weighted by Crippen LogP contribution is 2.22. The second-order valence-corrected chi connectivity index (χ2v) is 5.42. The van der Waals surface area contributed by atoms with Crippen LogP contribution in [0.2, 0.25) is 0 Å². The number of hydrogen-bond acceptors (Lipinski definition) is 2. The van der Waals surface area contributed by atoms with Gasteiger partial charge in [0.15, 0.2) is 0 Å². The highest BCUT2D eigenvalue weighted by molar-refractivity contribution is 9.10. The third kappa shape index (κ3) is 3.15. The fraction of sp³-hybridized carbons (Fsp3) is 0.133. The van der Waals surface area contributed by atoms with E-state index in [1.807, 2.05) is 38.1 Å². The molecule has 2 aromatic rings. The summed E-state index contributed by atoms with van der Waals surface area (Å²) in [7, 11) is 0. The van der Waals surface area contributed by atoms with Gasteiger partial charge in [0.2, 0.25) is 0 Å². The van der Waals surface area contributed by atoms with Crippen molar-refractivity contribution in [3.63, 3.8) is 0 Å². The number of rotatable bonds is 2. The Bertz CT molecular complexity index is 638. The second-order valence-electron chi connectivity index (χ2n) is 4.50. The number of nitrogen functional groups attached to an aromatic ring is 1. The number of amides is 1. The molecule has 1 amide bonds. The molecule has 98 valence electrons. The second kappa shape index (κ2) is 5.45. The van der Waals surface area contributed by atoms with Gasteiger partial charge in [0.05, 0.1) is 5.56 Å². The van der Waals surface area contributed by atoms with Gasteiger partial charge < -0.3 is 11.1 Å². The van der Waals surface area contributed by atoms with E-state index in [1.165, 1.54) is 0 Å². The standard InChI is InChI=1S/C15H15BrN2O/c1-9-3-5-13(17)12(7-9)15(19)18-14-6-4-11(16)8-10(14)2/h3-8H,17H2,1-2H3,(H,18,19).